The SMILES string of the molecule is CC1=NN(c2ccccc2)P2C1C2(c1ccccc1)c1ccccc1. The number of hydrogen-bond donors (Lipinski definition) is 0. The smallest absolute Gasteiger partial charge is 0.0749 e. The number of rotatable bonds is 3. The molecule has 0 N–H and O–H groups in total. The van der Waals surface area contributed by atoms with Crippen molar-refractivity contribution in [3.63, 3.8) is 0 Å². The zero-order valence-electron chi connectivity index (χ0n) is 14.1. The quantitative estimate of drug-likeness (QED) is 0.565. The second kappa shape index (κ2) is 5.54. The maximum absolute atomic E-state index is 4.91. The largest absolute Gasteiger partial charge is 0.243 e. The molecule has 1 saturated heterocycles. The van der Waals surface area contributed by atoms with Crippen LogP contribution in [0.4, 0.5) is 5.69 Å². The fourth-order valence-corrected chi connectivity index (χ4v) is 7.71. The molecule has 3 aromatic rings. The average Bonchev–Trinajstić information content (AvgIpc) is 3.27. The van der Waals surface area contributed by atoms with Crippen molar-refractivity contribution in [3.05, 3.63) is 102 Å². The summed E-state index contributed by atoms with van der Waals surface area (Å²) in [5.74, 6) is 0. The Kier molecular flexibility index (Phi) is 3.29. The predicted octanol–water partition coefficient (Wildman–Crippen LogP) is 5.61. The van der Waals surface area contributed by atoms with Crippen molar-refractivity contribution in [3.8, 4) is 0 Å². The first kappa shape index (κ1) is 14.9. The highest BCUT2D eigenvalue weighted by molar-refractivity contribution is 7.71. The van der Waals surface area contributed by atoms with E-state index in [1.807, 2.05) is 0 Å². The Labute approximate surface area is 149 Å². The van der Waals surface area contributed by atoms with E-state index in [2.05, 4.69) is 103 Å². The van der Waals surface area contributed by atoms with Crippen LogP contribution in [0.15, 0.2) is 96.1 Å². The Balaban J connectivity index is 1.69. The Morgan fingerprint density at radius 3 is 1.76 bits per heavy atom. The Hall–Kier alpha value is -2.44. The Morgan fingerprint density at radius 2 is 1.24 bits per heavy atom. The van der Waals surface area contributed by atoms with Crippen LogP contribution in [0, 0.1) is 0 Å². The van der Waals surface area contributed by atoms with E-state index >= 15 is 0 Å². The molecule has 0 bridgehead atoms. The van der Waals surface area contributed by atoms with Crippen molar-refractivity contribution in [2.75, 3.05) is 4.78 Å². The maximum atomic E-state index is 4.91. The molecule has 0 saturated carbocycles. The number of nitrogens with zero attached hydrogens (tertiary/aromatic N) is 2. The number of anilines is 1. The highest BCUT2D eigenvalue weighted by atomic mass is 31.1. The van der Waals surface area contributed by atoms with E-state index < -0.39 is 8.07 Å². The molecule has 2 aliphatic rings. The standard InChI is InChI=1S/C22H19N2P/c1-17-21-22(18-11-5-2-6-12-18,19-13-7-3-8-14-19)25(21)24(23-17)20-15-9-4-10-16-20/h2-16,21H,1H3. The molecule has 2 nitrogen and oxygen atoms in total. The summed E-state index contributed by atoms with van der Waals surface area (Å²) in [5.41, 5.74) is 5.76. The van der Waals surface area contributed by atoms with Gasteiger partial charge in [-0.3, -0.25) is 0 Å². The van der Waals surface area contributed by atoms with Crippen LogP contribution in [0.2, 0.25) is 0 Å². The molecule has 0 aliphatic carbocycles. The van der Waals surface area contributed by atoms with Crippen LogP contribution < -0.4 is 4.78 Å². The summed E-state index contributed by atoms with van der Waals surface area (Å²) in [7, 11) is -0.448. The summed E-state index contributed by atoms with van der Waals surface area (Å²) in [5, 5.41) is 4.97. The van der Waals surface area contributed by atoms with Gasteiger partial charge in [-0.15, -0.1) is 0 Å². The first-order chi connectivity index (χ1) is 12.3. The molecular formula is C22H19N2P. The summed E-state index contributed by atoms with van der Waals surface area (Å²) >= 11 is 0. The van der Waals surface area contributed by atoms with E-state index in [9.17, 15) is 0 Å². The topological polar surface area (TPSA) is 15.6 Å². The van der Waals surface area contributed by atoms with Gasteiger partial charge in [0.1, 0.15) is 0 Å². The minimum absolute atomic E-state index is 0.0551. The zero-order chi connectivity index (χ0) is 16.9. The van der Waals surface area contributed by atoms with E-state index in [4.69, 9.17) is 5.10 Å². The maximum Gasteiger partial charge on any atom is 0.0749 e. The van der Waals surface area contributed by atoms with Gasteiger partial charge < -0.3 is 0 Å². The molecule has 5 rings (SSSR count). The van der Waals surface area contributed by atoms with Crippen LogP contribution in [0.25, 0.3) is 0 Å². The van der Waals surface area contributed by atoms with E-state index in [0.29, 0.717) is 5.66 Å². The third-order valence-corrected chi connectivity index (χ3v) is 8.40. The second-order valence-corrected chi connectivity index (χ2v) is 8.90. The molecular weight excluding hydrogens is 323 g/mol. The third kappa shape index (κ3) is 2.04. The minimum Gasteiger partial charge on any atom is -0.243 e. The molecule has 0 amide bonds. The molecule has 0 spiro atoms. The number of benzene rings is 3. The lowest BCUT2D eigenvalue weighted by molar-refractivity contribution is 0.876. The molecule has 2 heterocycles. The van der Waals surface area contributed by atoms with Gasteiger partial charge in [0.15, 0.2) is 0 Å². The molecule has 2 atom stereocenters. The third-order valence-electron chi connectivity index (χ3n) is 5.20. The van der Waals surface area contributed by atoms with Gasteiger partial charge in [0.2, 0.25) is 0 Å². The summed E-state index contributed by atoms with van der Waals surface area (Å²) in [4.78, 5) is 0. The minimum atomic E-state index is -0.448. The molecule has 122 valence electrons. The average molecular weight is 342 g/mol. The summed E-state index contributed by atoms with van der Waals surface area (Å²) in [6.45, 7) is 2.19. The van der Waals surface area contributed by atoms with Gasteiger partial charge >= 0.3 is 0 Å². The van der Waals surface area contributed by atoms with Gasteiger partial charge in [-0.25, -0.2) is 4.78 Å². The molecule has 0 aromatic heterocycles. The second-order valence-electron chi connectivity index (χ2n) is 6.61. The lowest BCUT2D eigenvalue weighted by Gasteiger charge is -2.26. The molecule has 25 heavy (non-hydrogen) atoms. The van der Waals surface area contributed by atoms with E-state index in [-0.39, 0.29) is 5.16 Å². The number of hydrazone groups is 1. The van der Waals surface area contributed by atoms with Crippen LogP contribution in [-0.2, 0) is 5.16 Å². The zero-order valence-corrected chi connectivity index (χ0v) is 15.0. The molecule has 2 aliphatic heterocycles. The first-order valence-electron chi connectivity index (χ1n) is 8.64. The molecule has 2 unspecified atom stereocenters. The predicted molar refractivity (Wildman–Crippen MR) is 106 cm³/mol. The van der Waals surface area contributed by atoms with Crippen molar-refractivity contribution in [2.24, 2.45) is 5.10 Å². The van der Waals surface area contributed by atoms with Gasteiger partial charge in [0.25, 0.3) is 0 Å². The monoisotopic (exact) mass is 342 g/mol. The van der Waals surface area contributed by atoms with Gasteiger partial charge in [-0.2, -0.15) is 5.10 Å². The van der Waals surface area contributed by atoms with E-state index in [1.54, 1.807) is 0 Å². The number of para-hydroxylation sites is 1. The van der Waals surface area contributed by atoms with Crippen molar-refractivity contribution in [1.82, 2.24) is 0 Å². The van der Waals surface area contributed by atoms with Crippen molar-refractivity contribution >= 4 is 19.5 Å². The van der Waals surface area contributed by atoms with Crippen LogP contribution in [0.1, 0.15) is 18.1 Å². The molecule has 3 aromatic carbocycles. The highest BCUT2D eigenvalue weighted by Crippen LogP contribution is 2.87. The molecule has 3 heteroatoms. The van der Waals surface area contributed by atoms with Crippen LogP contribution >= 0.6 is 8.07 Å². The van der Waals surface area contributed by atoms with Gasteiger partial charge in [0.05, 0.1) is 16.5 Å². The lowest BCUT2D eigenvalue weighted by Crippen LogP contribution is -2.22. The molecule has 1 fully saturated rings. The normalized spacial score (nSPS) is 23.1. The summed E-state index contributed by atoms with van der Waals surface area (Å²) < 4.78 is 2.30. The van der Waals surface area contributed by atoms with Crippen LogP contribution in [0.3, 0.4) is 0 Å². The van der Waals surface area contributed by atoms with E-state index in [0.717, 1.165) is 0 Å². The number of hydrogen-bond acceptors (Lipinski definition) is 2. The number of fused-ring (bicyclic) bond motifs is 1. The Bertz CT molecular complexity index is 883. The van der Waals surface area contributed by atoms with E-state index in [1.165, 1.54) is 22.5 Å². The van der Waals surface area contributed by atoms with Crippen molar-refractivity contribution in [1.29, 1.82) is 0 Å². The first-order valence-corrected chi connectivity index (χ1v) is 10.0. The van der Waals surface area contributed by atoms with Crippen molar-refractivity contribution < 1.29 is 0 Å². The Morgan fingerprint density at radius 1 is 0.760 bits per heavy atom. The van der Waals surface area contributed by atoms with Gasteiger partial charge in [-0.05, 0) is 30.2 Å². The van der Waals surface area contributed by atoms with Gasteiger partial charge in [0, 0.05) is 13.8 Å². The van der Waals surface area contributed by atoms with Crippen molar-refractivity contribution in [2.45, 2.75) is 17.7 Å². The van der Waals surface area contributed by atoms with Crippen LogP contribution in [-0.4, -0.2) is 11.4 Å². The summed E-state index contributed by atoms with van der Waals surface area (Å²) in [6.07, 6.45) is 0. The summed E-state index contributed by atoms with van der Waals surface area (Å²) in [6, 6.07) is 32.5. The highest BCUT2D eigenvalue weighted by Gasteiger charge is 2.73. The fraction of sp³-hybridized carbons (Fsp3) is 0.136. The fourth-order valence-electron chi connectivity index (χ4n) is 4.14. The lowest BCUT2D eigenvalue weighted by atomic mass is 9.87. The van der Waals surface area contributed by atoms with Crippen LogP contribution in [0.5, 0.6) is 0 Å². The molecule has 0 radical (unpaired) electrons. The van der Waals surface area contributed by atoms with Gasteiger partial charge in [-0.1, -0.05) is 78.9 Å².